The molecule has 0 aliphatic heterocycles. The van der Waals surface area contributed by atoms with Gasteiger partial charge in [-0.15, -0.1) is 0 Å². The highest BCUT2D eigenvalue weighted by Crippen LogP contribution is 2.18. The molecule has 0 fully saturated rings. The third-order valence-electron chi connectivity index (χ3n) is 2.76. The number of amides is 1. The maximum absolute atomic E-state index is 13.2. The first kappa shape index (κ1) is 15.0. The van der Waals surface area contributed by atoms with Gasteiger partial charge in [-0.2, -0.15) is 0 Å². The zero-order valence-electron chi connectivity index (χ0n) is 10.8. The minimum absolute atomic E-state index is 0.0977. The van der Waals surface area contributed by atoms with E-state index in [0.29, 0.717) is 16.1 Å². The molecule has 0 aliphatic rings. The Labute approximate surface area is 115 Å². The number of anilines is 1. The maximum Gasteiger partial charge on any atom is 0.239 e. The van der Waals surface area contributed by atoms with Crippen molar-refractivity contribution in [2.24, 2.45) is 5.92 Å². The van der Waals surface area contributed by atoms with Gasteiger partial charge in [0.05, 0.1) is 11.0 Å². The standard InChI is InChI=1S/C13H18BrFN2O/c1-8(2)9(3)17-13(18)7-16-10-4-5-11(14)12(15)6-10/h4-6,8-9,16H,7H2,1-3H3,(H,17,18). The quantitative estimate of drug-likeness (QED) is 0.876. The molecule has 1 aromatic rings. The molecule has 0 aromatic heterocycles. The van der Waals surface area contributed by atoms with E-state index in [1.807, 2.05) is 20.8 Å². The lowest BCUT2D eigenvalue weighted by atomic mass is 10.1. The van der Waals surface area contributed by atoms with E-state index in [4.69, 9.17) is 0 Å². The molecule has 0 saturated heterocycles. The highest BCUT2D eigenvalue weighted by atomic mass is 79.9. The van der Waals surface area contributed by atoms with Crippen molar-refractivity contribution in [3.05, 3.63) is 28.5 Å². The summed E-state index contributed by atoms with van der Waals surface area (Å²) in [5.74, 6) is -0.0606. The first-order valence-corrected chi connectivity index (χ1v) is 6.67. The molecule has 0 heterocycles. The van der Waals surface area contributed by atoms with Crippen molar-refractivity contribution in [2.75, 3.05) is 11.9 Å². The lowest BCUT2D eigenvalue weighted by Crippen LogP contribution is -2.39. The van der Waals surface area contributed by atoms with E-state index in [9.17, 15) is 9.18 Å². The number of rotatable bonds is 5. The van der Waals surface area contributed by atoms with E-state index in [1.54, 1.807) is 12.1 Å². The van der Waals surface area contributed by atoms with E-state index < -0.39 is 0 Å². The van der Waals surface area contributed by atoms with Crippen molar-refractivity contribution in [3.8, 4) is 0 Å². The summed E-state index contributed by atoms with van der Waals surface area (Å²) in [6.07, 6.45) is 0. The molecule has 1 unspecified atom stereocenters. The number of benzene rings is 1. The molecular formula is C13H18BrFN2O. The van der Waals surface area contributed by atoms with Crippen LogP contribution in [0.4, 0.5) is 10.1 Å². The van der Waals surface area contributed by atoms with Gasteiger partial charge in [0.15, 0.2) is 0 Å². The van der Waals surface area contributed by atoms with Gasteiger partial charge in [0, 0.05) is 11.7 Å². The fourth-order valence-electron chi connectivity index (χ4n) is 1.26. The van der Waals surface area contributed by atoms with Gasteiger partial charge in [0.2, 0.25) is 5.91 Å². The Morgan fingerprint density at radius 3 is 2.61 bits per heavy atom. The van der Waals surface area contributed by atoms with Gasteiger partial charge < -0.3 is 10.6 Å². The molecule has 3 nitrogen and oxygen atoms in total. The Kier molecular flexibility index (Phi) is 5.59. The summed E-state index contributed by atoms with van der Waals surface area (Å²) in [4.78, 5) is 11.6. The Hall–Kier alpha value is -1.10. The molecule has 1 aromatic carbocycles. The average molecular weight is 317 g/mol. The van der Waals surface area contributed by atoms with Crippen LogP contribution in [0.3, 0.4) is 0 Å². The van der Waals surface area contributed by atoms with E-state index in [-0.39, 0.29) is 24.3 Å². The van der Waals surface area contributed by atoms with Crippen LogP contribution in [0.5, 0.6) is 0 Å². The van der Waals surface area contributed by atoms with Gasteiger partial charge in [-0.05, 0) is 47.0 Å². The third-order valence-corrected chi connectivity index (χ3v) is 3.40. The molecule has 0 spiro atoms. The predicted octanol–water partition coefficient (Wildman–Crippen LogP) is 3.16. The third kappa shape index (κ3) is 4.64. The highest BCUT2D eigenvalue weighted by molar-refractivity contribution is 9.10. The molecule has 1 rings (SSSR count). The van der Waals surface area contributed by atoms with E-state index in [2.05, 4.69) is 26.6 Å². The summed E-state index contributed by atoms with van der Waals surface area (Å²) >= 11 is 3.08. The van der Waals surface area contributed by atoms with Crippen LogP contribution < -0.4 is 10.6 Å². The average Bonchev–Trinajstić information content (AvgIpc) is 2.30. The normalized spacial score (nSPS) is 12.3. The molecule has 0 aliphatic carbocycles. The minimum atomic E-state index is -0.351. The monoisotopic (exact) mass is 316 g/mol. The number of halogens is 2. The minimum Gasteiger partial charge on any atom is -0.376 e. The lowest BCUT2D eigenvalue weighted by molar-refractivity contribution is -0.120. The summed E-state index contributed by atoms with van der Waals surface area (Å²) in [5, 5.41) is 5.75. The number of hydrogen-bond donors (Lipinski definition) is 2. The maximum atomic E-state index is 13.2. The number of nitrogens with one attached hydrogen (secondary N) is 2. The second-order valence-corrected chi connectivity index (χ2v) is 5.44. The lowest BCUT2D eigenvalue weighted by Gasteiger charge is -2.17. The second kappa shape index (κ2) is 6.73. The van der Waals surface area contributed by atoms with Crippen LogP contribution in [0.15, 0.2) is 22.7 Å². The van der Waals surface area contributed by atoms with E-state index in [0.717, 1.165) is 0 Å². The van der Waals surface area contributed by atoms with Gasteiger partial charge >= 0.3 is 0 Å². The second-order valence-electron chi connectivity index (χ2n) is 4.58. The Bertz CT molecular complexity index is 423. The molecule has 1 atom stereocenters. The van der Waals surface area contributed by atoms with Crippen LogP contribution in [0.1, 0.15) is 20.8 Å². The van der Waals surface area contributed by atoms with Gasteiger partial charge in [-0.25, -0.2) is 4.39 Å². The predicted molar refractivity (Wildman–Crippen MR) is 75.0 cm³/mol. The zero-order chi connectivity index (χ0) is 13.7. The summed E-state index contributed by atoms with van der Waals surface area (Å²) in [6.45, 7) is 6.19. The summed E-state index contributed by atoms with van der Waals surface area (Å²) in [6, 6.07) is 4.79. The highest BCUT2D eigenvalue weighted by Gasteiger charge is 2.10. The van der Waals surface area contributed by atoms with Crippen LogP contribution in [0, 0.1) is 11.7 Å². The number of carbonyl (C=O) groups is 1. The molecule has 0 radical (unpaired) electrons. The van der Waals surface area contributed by atoms with Crippen molar-refractivity contribution in [3.63, 3.8) is 0 Å². The molecule has 5 heteroatoms. The SMILES string of the molecule is CC(C)C(C)NC(=O)CNc1ccc(Br)c(F)c1. The first-order valence-electron chi connectivity index (χ1n) is 5.88. The van der Waals surface area contributed by atoms with Crippen molar-refractivity contribution in [1.29, 1.82) is 0 Å². The number of carbonyl (C=O) groups excluding carboxylic acids is 1. The van der Waals surface area contributed by atoms with Crippen LogP contribution in [0.2, 0.25) is 0 Å². The fourth-order valence-corrected chi connectivity index (χ4v) is 1.51. The van der Waals surface area contributed by atoms with Crippen molar-refractivity contribution in [2.45, 2.75) is 26.8 Å². The first-order chi connectivity index (χ1) is 8.40. The molecule has 100 valence electrons. The Morgan fingerprint density at radius 1 is 1.39 bits per heavy atom. The van der Waals surface area contributed by atoms with Crippen LogP contribution in [0.25, 0.3) is 0 Å². The number of hydrogen-bond acceptors (Lipinski definition) is 2. The van der Waals surface area contributed by atoms with Crippen molar-refractivity contribution in [1.82, 2.24) is 5.32 Å². The molecule has 0 saturated carbocycles. The van der Waals surface area contributed by atoms with Crippen LogP contribution in [-0.4, -0.2) is 18.5 Å². The van der Waals surface area contributed by atoms with Crippen molar-refractivity contribution >= 4 is 27.5 Å². The van der Waals surface area contributed by atoms with Gasteiger partial charge in [-0.3, -0.25) is 4.79 Å². The van der Waals surface area contributed by atoms with Gasteiger partial charge in [0.1, 0.15) is 5.82 Å². The van der Waals surface area contributed by atoms with E-state index >= 15 is 0 Å². The Balaban J connectivity index is 2.45. The topological polar surface area (TPSA) is 41.1 Å². The molecule has 0 bridgehead atoms. The zero-order valence-corrected chi connectivity index (χ0v) is 12.3. The van der Waals surface area contributed by atoms with E-state index in [1.165, 1.54) is 6.07 Å². The smallest absolute Gasteiger partial charge is 0.239 e. The Morgan fingerprint density at radius 2 is 2.06 bits per heavy atom. The largest absolute Gasteiger partial charge is 0.376 e. The molecule has 18 heavy (non-hydrogen) atoms. The van der Waals surface area contributed by atoms with Crippen LogP contribution >= 0.6 is 15.9 Å². The fraction of sp³-hybridized carbons (Fsp3) is 0.462. The molecule has 1 amide bonds. The molecular weight excluding hydrogens is 299 g/mol. The van der Waals surface area contributed by atoms with Gasteiger partial charge in [-0.1, -0.05) is 13.8 Å². The van der Waals surface area contributed by atoms with Gasteiger partial charge in [0.25, 0.3) is 0 Å². The van der Waals surface area contributed by atoms with Crippen LogP contribution in [-0.2, 0) is 4.79 Å². The molecule has 2 N–H and O–H groups in total. The summed E-state index contributed by atoms with van der Waals surface area (Å²) in [5.41, 5.74) is 0.586. The van der Waals surface area contributed by atoms with Crippen molar-refractivity contribution < 1.29 is 9.18 Å². The summed E-state index contributed by atoms with van der Waals surface area (Å²) < 4.78 is 13.6. The summed E-state index contributed by atoms with van der Waals surface area (Å²) in [7, 11) is 0.